The highest BCUT2D eigenvalue weighted by Gasteiger charge is 2.39. The smallest absolute Gasteiger partial charge is 0.191 e. The Balaban J connectivity index is 0.00000306. The second-order valence-electron chi connectivity index (χ2n) is 9.59. The van der Waals surface area contributed by atoms with Gasteiger partial charge in [-0.15, -0.1) is 24.0 Å². The fourth-order valence-electron chi connectivity index (χ4n) is 5.54. The lowest BCUT2D eigenvalue weighted by molar-refractivity contribution is -0.0139. The molecule has 3 fully saturated rings. The average molecular weight is 574 g/mol. The lowest BCUT2D eigenvalue weighted by Crippen LogP contribution is -2.55. The fourth-order valence-corrected chi connectivity index (χ4v) is 5.54. The highest BCUT2D eigenvalue weighted by molar-refractivity contribution is 14.0. The van der Waals surface area contributed by atoms with Crippen molar-refractivity contribution in [3.8, 4) is 0 Å². The van der Waals surface area contributed by atoms with Crippen molar-refractivity contribution in [1.29, 1.82) is 0 Å². The summed E-state index contributed by atoms with van der Waals surface area (Å²) in [6.07, 6.45) is 6.96. The third-order valence-corrected chi connectivity index (χ3v) is 7.34. The van der Waals surface area contributed by atoms with Crippen LogP contribution in [0.15, 0.2) is 23.2 Å². The van der Waals surface area contributed by atoms with Crippen LogP contribution in [0, 0.1) is 12.7 Å². The Labute approximate surface area is 215 Å². The lowest BCUT2D eigenvalue weighted by atomic mass is 9.88. The number of nitrogens with zero attached hydrogens (tertiary/aromatic N) is 3. The van der Waals surface area contributed by atoms with Crippen LogP contribution in [0.25, 0.3) is 0 Å². The Morgan fingerprint density at radius 3 is 2.64 bits per heavy atom. The van der Waals surface area contributed by atoms with E-state index in [1.54, 1.807) is 12.1 Å². The summed E-state index contributed by atoms with van der Waals surface area (Å²) in [5.41, 5.74) is 2.27. The third kappa shape index (κ3) is 6.72. The Bertz CT molecular complexity index is 780. The Morgan fingerprint density at radius 2 is 1.94 bits per heavy atom. The zero-order valence-corrected chi connectivity index (χ0v) is 22.6. The molecule has 0 saturated carbocycles. The number of aryl methyl sites for hydroxylation is 1. The first-order valence-corrected chi connectivity index (χ1v) is 12.5. The van der Waals surface area contributed by atoms with Crippen molar-refractivity contribution in [3.63, 3.8) is 0 Å². The van der Waals surface area contributed by atoms with Crippen LogP contribution in [0.3, 0.4) is 0 Å². The minimum absolute atomic E-state index is 0. The maximum Gasteiger partial charge on any atom is 0.191 e. The van der Waals surface area contributed by atoms with E-state index in [0.717, 1.165) is 82.3 Å². The van der Waals surface area contributed by atoms with Crippen molar-refractivity contribution in [2.24, 2.45) is 4.99 Å². The fraction of sp³-hybridized carbons (Fsp3) is 0.720. The summed E-state index contributed by atoms with van der Waals surface area (Å²) in [7, 11) is 0. The predicted molar refractivity (Wildman–Crippen MR) is 144 cm³/mol. The van der Waals surface area contributed by atoms with Crippen LogP contribution in [-0.2, 0) is 4.74 Å². The average Bonchev–Trinajstić information content (AvgIpc) is 3.34. The van der Waals surface area contributed by atoms with Crippen molar-refractivity contribution >= 4 is 35.6 Å². The molecule has 1 aromatic rings. The highest BCUT2D eigenvalue weighted by atomic mass is 127. The quantitative estimate of drug-likeness (QED) is 0.307. The normalized spacial score (nSPS) is 23.8. The van der Waals surface area contributed by atoms with Gasteiger partial charge in [-0.3, -0.25) is 9.89 Å². The molecule has 1 atom stereocenters. The molecule has 4 rings (SSSR count). The second-order valence-corrected chi connectivity index (χ2v) is 9.59. The SMILES string of the molecule is CCNC(=NCC1(N2CCCC2)CCOCC1)NC1CCCN(c2ccc(F)cc2C)C1.I. The number of nitrogens with one attached hydrogen (secondary N) is 2. The van der Waals surface area contributed by atoms with Crippen LogP contribution in [0.5, 0.6) is 0 Å². The van der Waals surface area contributed by atoms with E-state index in [4.69, 9.17) is 9.73 Å². The van der Waals surface area contributed by atoms with E-state index in [1.807, 2.05) is 13.0 Å². The van der Waals surface area contributed by atoms with Gasteiger partial charge in [0.05, 0.1) is 6.54 Å². The van der Waals surface area contributed by atoms with Crippen LogP contribution in [0.1, 0.15) is 51.0 Å². The molecular formula is C25H41FIN5O. The van der Waals surface area contributed by atoms with Crippen LogP contribution >= 0.6 is 24.0 Å². The maximum absolute atomic E-state index is 13.6. The van der Waals surface area contributed by atoms with Gasteiger partial charge in [0.1, 0.15) is 5.82 Å². The van der Waals surface area contributed by atoms with Gasteiger partial charge in [-0.2, -0.15) is 0 Å². The summed E-state index contributed by atoms with van der Waals surface area (Å²) >= 11 is 0. The molecule has 3 aliphatic heterocycles. The molecule has 0 amide bonds. The van der Waals surface area contributed by atoms with Crippen molar-refractivity contribution in [3.05, 3.63) is 29.6 Å². The van der Waals surface area contributed by atoms with E-state index in [-0.39, 0.29) is 35.3 Å². The van der Waals surface area contributed by atoms with Crippen molar-refractivity contribution in [1.82, 2.24) is 15.5 Å². The number of anilines is 1. The lowest BCUT2D eigenvalue weighted by Gasteiger charge is -2.43. The van der Waals surface area contributed by atoms with Gasteiger partial charge in [-0.25, -0.2) is 4.39 Å². The summed E-state index contributed by atoms with van der Waals surface area (Å²) in [5.74, 6) is 0.750. The number of piperidine rings is 1. The van der Waals surface area contributed by atoms with E-state index < -0.39 is 0 Å². The zero-order valence-electron chi connectivity index (χ0n) is 20.2. The van der Waals surface area contributed by atoms with Gasteiger partial charge in [-0.1, -0.05) is 0 Å². The molecule has 0 aromatic heterocycles. The van der Waals surface area contributed by atoms with Crippen molar-refractivity contribution in [2.75, 3.05) is 57.4 Å². The molecular weight excluding hydrogens is 532 g/mol. The van der Waals surface area contributed by atoms with E-state index in [2.05, 4.69) is 27.4 Å². The van der Waals surface area contributed by atoms with Crippen LogP contribution < -0.4 is 15.5 Å². The number of ether oxygens (including phenoxy) is 1. The molecule has 3 saturated heterocycles. The number of hydrogen-bond donors (Lipinski definition) is 2. The minimum Gasteiger partial charge on any atom is -0.381 e. The summed E-state index contributed by atoms with van der Waals surface area (Å²) in [5, 5.41) is 7.18. The summed E-state index contributed by atoms with van der Waals surface area (Å²) in [4.78, 5) is 10.2. The van der Waals surface area contributed by atoms with E-state index in [9.17, 15) is 4.39 Å². The standard InChI is InChI=1S/C25H40FN5O.HI/c1-3-27-24(28-19-25(10-15-32-16-11-25)31-13-4-5-14-31)29-22-7-6-12-30(18-22)23-9-8-21(26)17-20(23)2;/h8-9,17,22H,3-7,10-16,18-19H2,1-2H3,(H2,27,28,29);1H. The Morgan fingerprint density at radius 1 is 1.18 bits per heavy atom. The molecule has 8 heteroatoms. The number of halogens is 2. The first kappa shape index (κ1) is 26.5. The van der Waals surface area contributed by atoms with E-state index >= 15 is 0 Å². The molecule has 1 aromatic carbocycles. The number of hydrogen-bond acceptors (Lipinski definition) is 4. The zero-order chi connectivity index (χ0) is 22.4. The second kappa shape index (κ2) is 12.5. The van der Waals surface area contributed by atoms with E-state index in [1.165, 1.54) is 25.9 Å². The Hall–Kier alpha value is -1.13. The highest BCUT2D eigenvalue weighted by Crippen LogP contribution is 2.31. The minimum atomic E-state index is -0.167. The van der Waals surface area contributed by atoms with Gasteiger partial charge < -0.3 is 20.3 Å². The summed E-state index contributed by atoms with van der Waals surface area (Å²) in [6, 6.07) is 5.43. The van der Waals surface area contributed by atoms with Gasteiger partial charge in [0.25, 0.3) is 0 Å². The Kier molecular flexibility index (Phi) is 10.1. The number of rotatable bonds is 6. The molecule has 6 nitrogen and oxygen atoms in total. The largest absolute Gasteiger partial charge is 0.381 e. The van der Waals surface area contributed by atoms with Crippen LogP contribution in [0.2, 0.25) is 0 Å². The van der Waals surface area contributed by atoms with Gasteiger partial charge in [0.15, 0.2) is 5.96 Å². The van der Waals surface area contributed by atoms with Gasteiger partial charge in [0, 0.05) is 50.1 Å². The number of guanidine groups is 1. The summed E-state index contributed by atoms with van der Waals surface area (Å²) in [6.45, 7) is 11.7. The number of likely N-dealkylation sites (tertiary alicyclic amines) is 1. The monoisotopic (exact) mass is 573 g/mol. The molecule has 1 unspecified atom stereocenters. The predicted octanol–water partition coefficient (Wildman–Crippen LogP) is 3.92. The van der Waals surface area contributed by atoms with Crippen molar-refractivity contribution in [2.45, 2.75) is 64.0 Å². The van der Waals surface area contributed by atoms with Crippen LogP contribution in [0.4, 0.5) is 10.1 Å². The third-order valence-electron chi connectivity index (χ3n) is 7.34. The molecule has 186 valence electrons. The number of aliphatic imine (C=N–C) groups is 1. The molecule has 0 radical (unpaired) electrons. The molecule has 3 heterocycles. The van der Waals surface area contributed by atoms with Gasteiger partial charge >= 0.3 is 0 Å². The van der Waals surface area contributed by atoms with E-state index in [0.29, 0.717) is 6.04 Å². The molecule has 0 spiro atoms. The first-order valence-electron chi connectivity index (χ1n) is 12.5. The molecule has 2 N–H and O–H groups in total. The molecule has 0 aliphatic carbocycles. The molecule has 0 bridgehead atoms. The first-order chi connectivity index (χ1) is 15.6. The topological polar surface area (TPSA) is 52.1 Å². The molecule has 3 aliphatic rings. The van der Waals surface area contributed by atoms with Crippen molar-refractivity contribution < 1.29 is 9.13 Å². The molecule has 33 heavy (non-hydrogen) atoms. The van der Waals surface area contributed by atoms with Gasteiger partial charge in [0.2, 0.25) is 0 Å². The van der Waals surface area contributed by atoms with Gasteiger partial charge in [-0.05, 0) is 89.2 Å². The van der Waals surface area contributed by atoms with Crippen LogP contribution in [-0.4, -0.2) is 74.9 Å². The maximum atomic E-state index is 13.6. The number of benzene rings is 1. The summed E-state index contributed by atoms with van der Waals surface area (Å²) < 4.78 is 19.3.